The van der Waals surface area contributed by atoms with Crippen LogP contribution >= 0.6 is 0 Å². The number of hydrogen-bond donors (Lipinski definition) is 0. The van der Waals surface area contributed by atoms with Crippen molar-refractivity contribution in [2.24, 2.45) is 0 Å². The SMILES string of the molecule is CC1(C)c2ccccc2-c2ccc(N(c3ccccc3)c3cccc4c3C3(c5ccccc5Oc5cc6ccccc6cc53)c3ccccc3-4)cc21. The summed E-state index contributed by atoms with van der Waals surface area (Å²) >= 11 is 0. The van der Waals surface area contributed by atoms with Gasteiger partial charge in [-0.15, -0.1) is 0 Å². The fraction of sp³-hybridized carbons (Fsp3) is 0.0800. The van der Waals surface area contributed by atoms with Crippen LogP contribution < -0.4 is 9.64 Å². The zero-order chi connectivity index (χ0) is 34.6. The van der Waals surface area contributed by atoms with Crippen molar-refractivity contribution in [2.75, 3.05) is 4.90 Å². The van der Waals surface area contributed by atoms with Crippen LogP contribution in [-0.2, 0) is 10.8 Å². The van der Waals surface area contributed by atoms with E-state index in [-0.39, 0.29) is 5.41 Å². The summed E-state index contributed by atoms with van der Waals surface area (Å²) in [5, 5.41) is 2.37. The smallest absolute Gasteiger partial charge is 0.132 e. The van der Waals surface area contributed by atoms with Crippen molar-refractivity contribution in [1.82, 2.24) is 0 Å². The highest BCUT2D eigenvalue weighted by molar-refractivity contribution is 5.98. The van der Waals surface area contributed by atoms with Crippen LogP contribution in [0.4, 0.5) is 17.1 Å². The third-order valence-electron chi connectivity index (χ3n) is 11.9. The fourth-order valence-corrected chi connectivity index (χ4v) is 9.65. The highest BCUT2D eigenvalue weighted by Gasteiger charge is 2.53. The Morgan fingerprint density at radius 1 is 0.404 bits per heavy atom. The fourth-order valence-electron chi connectivity index (χ4n) is 9.65. The molecule has 1 aliphatic heterocycles. The van der Waals surface area contributed by atoms with Crippen molar-refractivity contribution in [3.63, 3.8) is 0 Å². The number of ether oxygens (including phenoxy) is 1. The Hall–Kier alpha value is -6.38. The molecule has 2 aliphatic carbocycles. The number of benzene rings is 8. The molecule has 11 rings (SSSR count). The Labute approximate surface area is 304 Å². The highest BCUT2D eigenvalue weighted by atomic mass is 16.5. The molecule has 2 heteroatoms. The van der Waals surface area contributed by atoms with Crippen LogP contribution in [0.5, 0.6) is 11.5 Å². The maximum atomic E-state index is 6.86. The van der Waals surface area contributed by atoms with Crippen molar-refractivity contribution in [3.8, 4) is 33.8 Å². The Bertz CT molecular complexity index is 2760. The molecule has 246 valence electrons. The highest BCUT2D eigenvalue weighted by Crippen LogP contribution is 2.65. The lowest BCUT2D eigenvalue weighted by Crippen LogP contribution is -2.33. The number of rotatable bonds is 3. The molecule has 0 radical (unpaired) electrons. The zero-order valence-electron chi connectivity index (χ0n) is 29.1. The van der Waals surface area contributed by atoms with Gasteiger partial charge in [0.1, 0.15) is 11.5 Å². The molecule has 0 fully saturated rings. The third-order valence-corrected chi connectivity index (χ3v) is 11.9. The van der Waals surface area contributed by atoms with Crippen molar-refractivity contribution < 1.29 is 4.74 Å². The van der Waals surface area contributed by atoms with E-state index in [0.717, 1.165) is 34.1 Å². The second-order valence-corrected chi connectivity index (χ2v) is 14.9. The minimum absolute atomic E-state index is 0.125. The molecule has 0 bridgehead atoms. The van der Waals surface area contributed by atoms with E-state index in [9.17, 15) is 0 Å². The molecule has 0 amide bonds. The van der Waals surface area contributed by atoms with Crippen LogP contribution in [0.3, 0.4) is 0 Å². The maximum absolute atomic E-state index is 6.86. The molecule has 1 unspecified atom stereocenters. The second-order valence-electron chi connectivity index (χ2n) is 14.9. The van der Waals surface area contributed by atoms with Gasteiger partial charge in [0.25, 0.3) is 0 Å². The summed E-state index contributed by atoms with van der Waals surface area (Å²) in [6.45, 7) is 4.72. The van der Waals surface area contributed by atoms with Crippen LogP contribution in [0.2, 0.25) is 0 Å². The molecular formula is C50H35NO. The average Bonchev–Trinajstić information content (AvgIpc) is 3.61. The first kappa shape index (κ1) is 29.4. The van der Waals surface area contributed by atoms with Crippen LogP contribution in [-0.4, -0.2) is 0 Å². The summed E-state index contributed by atoms with van der Waals surface area (Å²) in [6.07, 6.45) is 0. The molecule has 2 nitrogen and oxygen atoms in total. The summed E-state index contributed by atoms with van der Waals surface area (Å²) in [5.41, 5.74) is 15.4. The molecule has 8 aromatic carbocycles. The number of para-hydroxylation sites is 2. The number of anilines is 3. The molecule has 0 saturated heterocycles. The molecule has 0 aromatic heterocycles. The van der Waals surface area contributed by atoms with Gasteiger partial charge in [-0.1, -0.05) is 141 Å². The van der Waals surface area contributed by atoms with Crippen LogP contribution in [0.1, 0.15) is 47.2 Å². The van der Waals surface area contributed by atoms with Gasteiger partial charge in [0, 0.05) is 33.5 Å². The van der Waals surface area contributed by atoms with Crippen molar-refractivity contribution in [1.29, 1.82) is 0 Å². The van der Waals surface area contributed by atoms with E-state index in [0.29, 0.717) is 0 Å². The lowest BCUT2D eigenvalue weighted by molar-refractivity contribution is 0.437. The molecule has 52 heavy (non-hydrogen) atoms. The van der Waals surface area contributed by atoms with Gasteiger partial charge in [0.2, 0.25) is 0 Å². The van der Waals surface area contributed by atoms with Crippen LogP contribution in [0.25, 0.3) is 33.0 Å². The van der Waals surface area contributed by atoms with Crippen LogP contribution in [0, 0.1) is 0 Å². The lowest BCUT2D eigenvalue weighted by Gasteiger charge is -2.41. The van der Waals surface area contributed by atoms with E-state index in [4.69, 9.17) is 4.74 Å². The third kappa shape index (κ3) is 3.79. The van der Waals surface area contributed by atoms with Crippen molar-refractivity contribution in [3.05, 3.63) is 209 Å². The molecule has 0 saturated carbocycles. The van der Waals surface area contributed by atoms with Crippen LogP contribution in [0.15, 0.2) is 176 Å². The van der Waals surface area contributed by atoms with Gasteiger partial charge in [-0.25, -0.2) is 0 Å². The zero-order valence-corrected chi connectivity index (χ0v) is 29.1. The predicted molar refractivity (Wildman–Crippen MR) is 214 cm³/mol. The van der Waals surface area contributed by atoms with Gasteiger partial charge in [-0.05, 0) is 98.2 Å². The van der Waals surface area contributed by atoms with E-state index in [2.05, 4.69) is 195 Å². The number of nitrogens with zero attached hydrogens (tertiary/aromatic N) is 1. The van der Waals surface area contributed by atoms with Crippen molar-refractivity contribution >= 4 is 27.8 Å². The summed E-state index contributed by atoms with van der Waals surface area (Å²) in [7, 11) is 0. The standard InChI is InChI=1S/C50H35NO/c1-49(2)40-22-10-8-19-36(40)38-28-27-35(31-43(38)49)51(34-17-4-3-5-18-34)45-25-14-21-39-37-20-9-11-23-41(37)50(48(39)45)42-24-12-13-26-46(42)52-47-30-33-16-7-6-15-32(33)29-44(47)50/h3-31H,1-2H3. The maximum Gasteiger partial charge on any atom is 0.132 e. The molecule has 1 heterocycles. The van der Waals surface area contributed by atoms with E-state index >= 15 is 0 Å². The lowest BCUT2D eigenvalue weighted by atomic mass is 9.65. The molecule has 1 atom stereocenters. The topological polar surface area (TPSA) is 12.5 Å². The molecular weight excluding hydrogens is 631 g/mol. The van der Waals surface area contributed by atoms with Gasteiger partial charge in [0.15, 0.2) is 0 Å². The van der Waals surface area contributed by atoms with E-state index in [1.165, 1.54) is 60.8 Å². The molecule has 8 aromatic rings. The molecule has 3 aliphatic rings. The quantitative estimate of drug-likeness (QED) is 0.186. The first-order valence-electron chi connectivity index (χ1n) is 18.2. The van der Waals surface area contributed by atoms with Gasteiger partial charge in [-0.3, -0.25) is 0 Å². The Balaban J connectivity index is 1.25. The van der Waals surface area contributed by atoms with Gasteiger partial charge >= 0.3 is 0 Å². The Morgan fingerprint density at radius 3 is 1.83 bits per heavy atom. The first-order chi connectivity index (χ1) is 25.5. The molecule has 0 N–H and O–H groups in total. The summed E-state index contributed by atoms with van der Waals surface area (Å²) in [4.78, 5) is 2.49. The summed E-state index contributed by atoms with van der Waals surface area (Å²) in [6, 6.07) is 64.7. The monoisotopic (exact) mass is 665 g/mol. The molecule has 1 spiro atoms. The minimum atomic E-state index is -0.629. The summed E-state index contributed by atoms with van der Waals surface area (Å²) in [5.74, 6) is 1.80. The van der Waals surface area contributed by atoms with Gasteiger partial charge in [0.05, 0.1) is 11.1 Å². The van der Waals surface area contributed by atoms with E-state index in [1.54, 1.807) is 0 Å². The van der Waals surface area contributed by atoms with Gasteiger partial charge < -0.3 is 9.64 Å². The van der Waals surface area contributed by atoms with Gasteiger partial charge in [-0.2, -0.15) is 0 Å². The summed E-state index contributed by atoms with van der Waals surface area (Å²) < 4.78 is 6.86. The second kappa shape index (κ2) is 10.6. The Kier molecular flexibility index (Phi) is 5.97. The first-order valence-corrected chi connectivity index (χ1v) is 18.2. The van der Waals surface area contributed by atoms with E-state index in [1.807, 2.05) is 0 Å². The minimum Gasteiger partial charge on any atom is -0.457 e. The largest absolute Gasteiger partial charge is 0.457 e. The number of fused-ring (bicyclic) bond motifs is 13. The number of hydrogen-bond acceptors (Lipinski definition) is 2. The Morgan fingerprint density at radius 2 is 1.02 bits per heavy atom. The van der Waals surface area contributed by atoms with Crippen molar-refractivity contribution in [2.45, 2.75) is 24.7 Å². The van der Waals surface area contributed by atoms with E-state index < -0.39 is 5.41 Å². The normalized spacial score (nSPS) is 16.7. The average molecular weight is 666 g/mol. The predicted octanol–water partition coefficient (Wildman–Crippen LogP) is 13.1.